The molecule has 9 heteroatoms. The molecule has 2 rings (SSSR count). The number of hydrogen-bond donors (Lipinski definition) is 2. The lowest BCUT2D eigenvalue weighted by Gasteiger charge is -2.32. The molecular formula is C17H26FN3O4S. The van der Waals surface area contributed by atoms with Crippen molar-refractivity contribution in [3.63, 3.8) is 0 Å². The zero-order valence-electron chi connectivity index (χ0n) is 15.1. The molecule has 0 aromatic heterocycles. The van der Waals surface area contributed by atoms with E-state index in [4.69, 9.17) is 4.74 Å². The molecule has 0 bridgehead atoms. The molecule has 1 fully saturated rings. The van der Waals surface area contributed by atoms with Gasteiger partial charge in [-0.25, -0.2) is 17.6 Å². The minimum absolute atomic E-state index is 0.0529. The fraction of sp³-hybridized carbons (Fsp3) is 0.588. The van der Waals surface area contributed by atoms with Crippen molar-refractivity contribution in [1.29, 1.82) is 0 Å². The number of sulfone groups is 1. The molecule has 2 N–H and O–H groups in total. The number of benzene rings is 1. The van der Waals surface area contributed by atoms with Gasteiger partial charge in [0.25, 0.3) is 0 Å². The molecule has 0 radical (unpaired) electrons. The highest BCUT2D eigenvalue weighted by atomic mass is 32.2. The predicted octanol–water partition coefficient (Wildman–Crippen LogP) is 1.14. The van der Waals surface area contributed by atoms with Crippen molar-refractivity contribution in [2.75, 3.05) is 38.8 Å². The van der Waals surface area contributed by atoms with Crippen molar-refractivity contribution in [2.24, 2.45) is 0 Å². The summed E-state index contributed by atoms with van der Waals surface area (Å²) in [5.74, 6) is -0.206. The summed E-state index contributed by atoms with van der Waals surface area (Å²) >= 11 is 0. The molecule has 0 aliphatic carbocycles. The molecule has 1 aliphatic heterocycles. The standard InChI is InChI=1S/C17H26FN3O4S/c1-25-16-4-3-13(11-15(16)18)12-21-8-5-14(6-9-21)20-17(22)19-7-10-26(2,23)24/h3-4,11,14H,5-10,12H2,1-2H3,(H2,19,20,22). The summed E-state index contributed by atoms with van der Waals surface area (Å²) in [4.78, 5) is 14.0. The van der Waals surface area contributed by atoms with Gasteiger partial charge in [-0.3, -0.25) is 4.90 Å². The van der Waals surface area contributed by atoms with Crippen molar-refractivity contribution >= 4 is 15.9 Å². The van der Waals surface area contributed by atoms with E-state index in [0.29, 0.717) is 6.54 Å². The lowest BCUT2D eigenvalue weighted by atomic mass is 10.0. The third kappa shape index (κ3) is 6.80. The number of nitrogens with zero attached hydrogens (tertiary/aromatic N) is 1. The van der Waals surface area contributed by atoms with Crippen LogP contribution in [0.4, 0.5) is 9.18 Å². The summed E-state index contributed by atoms with van der Waals surface area (Å²) in [7, 11) is -1.64. The second kappa shape index (κ2) is 9.18. The van der Waals surface area contributed by atoms with Crippen LogP contribution in [-0.2, 0) is 16.4 Å². The number of piperidine rings is 1. The minimum atomic E-state index is -3.08. The van der Waals surface area contributed by atoms with Crippen LogP contribution in [0.2, 0.25) is 0 Å². The molecule has 0 unspecified atom stereocenters. The van der Waals surface area contributed by atoms with Crippen LogP contribution in [0.3, 0.4) is 0 Å². The van der Waals surface area contributed by atoms with Gasteiger partial charge in [-0.15, -0.1) is 0 Å². The number of halogens is 1. The molecule has 0 spiro atoms. The Labute approximate surface area is 153 Å². The van der Waals surface area contributed by atoms with E-state index in [9.17, 15) is 17.6 Å². The monoisotopic (exact) mass is 387 g/mol. The van der Waals surface area contributed by atoms with Crippen molar-refractivity contribution in [1.82, 2.24) is 15.5 Å². The Morgan fingerprint density at radius 2 is 2.04 bits per heavy atom. The summed E-state index contributed by atoms with van der Waals surface area (Å²) < 4.78 is 40.7. The lowest BCUT2D eigenvalue weighted by molar-refractivity contribution is 0.186. The maximum atomic E-state index is 13.8. The Balaban J connectivity index is 1.71. The number of likely N-dealkylation sites (tertiary alicyclic amines) is 1. The highest BCUT2D eigenvalue weighted by Gasteiger charge is 2.21. The molecule has 1 aliphatic rings. The van der Waals surface area contributed by atoms with Gasteiger partial charge in [-0.2, -0.15) is 0 Å². The molecule has 1 aromatic carbocycles. The third-order valence-electron chi connectivity index (χ3n) is 4.30. The van der Waals surface area contributed by atoms with Crippen LogP contribution in [0.5, 0.6) is 5.75 Å². The van der Waals surface area contributed by atoms with Crippen LogP contribution in [-0.4, -0.2) is 64.1 Å². The fourth-order valence-electron chi connectivity index (χ4n) is 2.89. The van der Waals surface area contributed by atoms with Crippen molar-refractivity contribution in [2.45, 2.75) is 25.4 Å². The van der Waals surface area contributed by atoms with Crippen LogP contribution in [0.15, 0.2) is 18.2 Å². The number of carbonyl (C=O) groups is 1. The van der Waals surface area contributed by atoms with E-state index in [2.05, 4.69) is 15.5 Å². The first-order chi connectivity index (χ1) is 12.3. The van der Waals surface area contributed by atoms with Gasteiger partial charge in [0.2, 0.25) is 0 Å². The summed E-state index contributed by atoms with van der Waals surface area (Å²) in [6, 6.07) is 4.67. The summed E-state index contributed by atoms with van der Waals surface area (Å²) in [5.41, 5.74) is 0.883. The number of rotatable bonds is 7. The quantitative estimate of drug-likeness (QED) is 0.733. The van der Waals surface area contributed by atoms with Gasteiger partial charge in [-0.1, -0.05) is 6.07 Å². The van der Waals surface area contributed by atoms with E-state index < -0.39 is 9.84 Å². The normalized spacial score (nSPS) is 16.3. The number of methoxy groups -OCH3 is 1. The summed E-state index contributed by atoms with van der Waals surface area (Å²) in [5, 5.41) is 5.42. The van der Waals surface area contributed by atoms with E-state index in [-0.39, 0.29) is 35.9 Å². The van der Waals surface area contributed by atoms with Crippen molar-refractivity contribution < 1.29 is 22.3 Å². The Morgan fingerprint density at radius 3 is 2.62 bits per heavy atom. The average Bonchev–Trinajstić information content (AvgIpc) is 2.56. The topological polar surface area (TPSA) is 87.7 Å². The Morgan fingerprint density at radius 1 is 1.35 bits per heavy atom. The molecule has 26 heavy (non-hydrogen) atoms. The lowest BCUT2D eigenvalue weighted by Crippen LogP contribution is -2.48. The van der Waals surface area contributed by atoms with Gasteiger partial charge in [0.05, 0.1) is 12.9 Å². The molecule has 2 amide bonds. The summed E-state index contributed by atoms with van der Waals surface area (Å²) in [6.07, 6.45) is 2.72. The molecular weight excluding hydrogens is 361 g/mol. The van der Waals surface area contributed by atoms with Crippen LogP contribution in [0.1, 0.15) is 18.4 Å². The van der Waals surface area contributed by atoms with Crippen LogP contribution in [0, 0.1) is 5.82 Å². The third-order valence-corrected chi connectivity index (χ3v) is 5.25. The zero-order valence-corrected chi connectivity index (χ0v) is 15.9. The number of hydrogen-bond acceptors (Lipinski definition) is 5. The van der Waals surface area contributed by atoms with E-state index in [0.717, 1.165) is 37.8 Å². The Hall–Kier alpha value is -1.87. The first-order valence-electron chi connectivity index (χ1n) is 8.53. The second-order valence-electron chi connectivity index (χ2n) is 6.55. The Bertz CT molecular complexity index is 719. The number of carbonyl (C=O) groups excluding carboxylic acids is 1. The van der Waals surface area contributed by atoms with E-state index in [1.807, 2.05) is 6.07 Å². The van der Waals surface area contributed by atoms with Gasteiger partial charge >= 0.3 is 6.03 Å². The predicted molar refractivity (Wildman–Crippen MR) is 97.5 cm³/mol. The molecule has 146 valence electrons. The van der Waals surface area contributed by atoms with Crippen LogP contribution < -0.4 is 15.4 Å². The second-order valence-corrected chi connectivity index (χ2v) is 8.81. The first-order valence-corrected chi connectivity index (χ1v) is 10.6. The van der Waals surface area contributed by atoms with Gasteiger partial charge in [0.1, 0.15) is 9.84 Å². The van der Waals surface area contributed by atoms with Crippen molar-refractivity contribution in [3.05, 3.63) is 29.6 Å². The maximum Gasteiger partial charge on any atom is 0.315 e. The average molecular weight is 387 g/mol. The highest BCUT2D eigenvalue weighted by molar-refractivity contribution is 7.90. The minimum Gasteiger partial charge on any atom is -0.494 e. The maximum absolute atomic E-state index is 13.8. The fourth-order valence-corrected chi connectivity index (χ4v) is 3.36. The van der Waals surface area contributed by atoms with Gasteiger partial charge in [0.15, 0.2) is 11.6 Å². The molecule has 0 atom stereocenters. The molecule has 1 heterocycles. The molecule has 1 saturated heterocycles. The van der Waals surface area contributed by atoms with Gasteiger partial charge in [-0.05, 0) is 30.5 Å². The number of ether oxygens (including phenoxy) is 1. The number of nitrogens with one attached hydrogen (secondary N) is 2. The zero-order chi connectivity index (χ0) is 19.2. The van der Waals surface area contributed by atoms with E-state index >= 15 is 0 Å². The molecule has 1 aromatic rings. The van der Waals surface area contributed by atoms with E-state index in [1.165, 1.54) is 13.2 Å². The Kier molecular flexibility index (Phi) is 7.22. The number of amides is 2. The SMILES string of the molecule is COc1ccc(CN2CCC(NC(=O)NCCS(C)(=O)=O)CC2)cc1F. The smallest absolute Gasteiger partial charge is 0.315 e. The van der Waals surface area contributed by atoms with Gasteiger partial charge in [0, 0.05) is 38.5 Å². The van der Waals surface area contributed by atoms with Crippen LogP contribution in [0.25, 0.3) is 0 Å². The first kappa shape index (κ1) is 20.4. The van der Waals surface area contributed by atoms with Crippen molar-refractivity contribution in [3.8, 4) is 5.75 Å². The number of urea groups is 1. The largest absolute Gasteiger partial charge is 0.494 e. The van der Waals surface area contributed by atoms with Crippen LogP contribution >= 0.6 is 0 Å². The highest BCUT2D eigenvalue weighted by Crippen LogP contribution is 2.20. The summed E-state index contributed by atoms with van der Waals surface area (Å²) in [6.45, 7) is 2.34. The van der Waals surface area contributed by atoms with E-state index in [1.54, 1.807) is 6.07 Å². The molecule has 7 nitrogen and oxygen atoms in total. The molecule has 0 saturated carbocycles. The van der Waals surface area contributed by atoms with Gasteiger partial charge < -0.3 is 15.4 Å².